The van der Waals surface area contributed by atoms with Crippen LogP contribution in [0.5, 0.6) is 0 Å². The van der Waals surface area contributed by atoms with Gasteiger partial charge in [-0.3, -0.25) is 9.78 Å². The van der Waals surface area contributed by atoms with Crippen molar-refractivity contribution in [1.29, 1.82) is 0 Å². The summed E-state index contributed by atoms with van der Waals surface area (Å²) in [6.45, 7) is 0. The average Bonchev–Trinajstić information content (AvgIpc) is 2.72. The first-order chi connectivity index (χ1) is 10.2. The monoisotopic (exact) mass is 284 g/mol. The van der Waals surface area contributed by atoms with Gasteiger partial charge in [0.25, 0.3) is 5.91 Å². The number of benzene rings is 1. The number of aliphatic hydroxyl groups excluding tert-OH is 1. The van der Waals surface area contributed by atoms with Crippen LogP contribution in [0.25, 0.3) is 10.9 Å². The molecule has 110 valence electrons. The standard InChI is InChI=1S/C17H20N2O2/c20-16-7-3-1-2-6-15(16)19-17(21)13-8-9-14-12(11-13)5-4-10-18-14/h4-5,8-11,15-16,20H,1-3,6-7H2,(H,19,21). The van der Waals surface area contributed by atoms with Crippen LogP contribution in [0.4, 0.5) is 0 Å². The summed E-state index contributed by atoms with van der Waals surface area (Å²) in [6, 6.07) is 9.16. The van der Waals surface area contributed by atoms with Gasteiger partial charge in [0.1, 0.15) is 0 Å². The molecule has 1 amide bonds. The maximum absolute atomic E-state index is 12.4. The van der Waals surface area contributed by atoms with E-state index in [0.717, 1.165) is 43.0 Å². The minimum absolute atomic E-state index is 0.119. The number of aromatic nitrogens is 1. The van der Waals surface area contributed by atoms with Crippen LogP contribution in [-0.2, 0) is 0 Å². The average molecular weight is 284 g/mol. The summed E-state index contributed by atoms with van der Waals surface area (Å²) in [6.07, 6.45) is 6.15. The molecule has 1 aliphatic rings. The second-order valence-corrected chi connectivity index (χ2v) is 5.70. The summed E-state index contributed by atoms with van der Waals surface area (Å²) in [5.41, 5.74) is 1.50. The summed E-state index contributed by atoms with van der Waals surface area (Å²) >= 11 is 0. The molecule has 21 heavy (non-hydrogen) atoms. The van der Waals surface area contributed by atoms with E-state index >= 15 is 0 Å². The molecular formula is C17H20N2O2. The summed E-state index contributed by atoms with van der Waals surface area (Å²) in [7, 11) is 0. The molecule has 2 unspecified atom stereocenters. The molecule has 2 atom stereocenters. The zero-order valence-corrected chi connectivity index (χ0v) is 12.0. The second kappa shape index (κ2) is 6.22. The number of carbonyl (C=O) groups excluding carboxylic acids is 1. The Morgan fingerprint density at radius 1 is 1.19 bits per heavy atom. The topological polar surface area (TPSA) is 62.2 Å². The predicted octanol–water partition coefficient (Wildman–Crippen LogP) is 2.66. The van der Waals surface area contributed by atoms with E-state index in [0.29, 0.717) is 5.56 Å². The molecule has 0 spiro atoms. The maximum Gasteiger partial charge on any atom is 0.251 e. The quantitative estimate of drug-likeness (QED) is 0.833. The third-order valence-corrected chi connectivity index (χ3v) is 4.16. The van der Waals surface area contributed by atoms with Gasteiger partial charge in [-0.1, -0.05) is 25.3 Å². The van der Waals surface area contributed by atoms with Gasteiger partial charge in [-0.2, -0.15) is 0 Å². The zero-order chi connectivity index (χ0) is 14.7. The SMILES string of the molecule is O=C(NC1CCCCCC1O)c1ccc2ncccc2c1. The van der Waals surface area contributed by atoms with Gasteiger partial charge in [-0.15, -0.1) is 0 Å². The molecular weight excluding hydrogens is 264 g/mol. The normalized spacial score (nSPS) is 22.7. The largest absolute Gasteiger partial charge is 0.391 e. The lowest BCUT2D eigenvalue weighted by Crippen LogP contribution is -2.42. The Hall–Kier alpha value is -1.94. The number of rotatable bonds is 2. The highest BCUT2D eigenvalue weighted by Gasteiger charge is 2.23. The van der Waals surface area contributed by atoms with Gasteiger partial charge < -0.3 is 10.4 Å². The van der Waals surface area contributed by atoms with Gasteiger partial charge in [0.2, 0.25) is 0 Å². The molecule has 4 heteroatoms. The van der Waals surface area contributed by atoms with Crippen molar-refractivity contribution < 1.29 is 9.90 Å². The fourth-order valence-corrected chi connectivity index (χ4v) is 2.93. The van der Waals surface area contributed by atoms with Crippen molar-refractivity contribution in [2.24, 2.45) is 0 Å². The van der Waals surface area contributed by atoms with Gasteiger partial charge in [0, 0.05) is 17.1 Å². The summed E-state index contributed by atoms with van der Waals surface area (Å²) in [4.78, 5) is 16.6. The van der Waals surface area contributed by atoms with E-state index in [9.17, 15) is 9.90 Å². The van der Waals surface area contributed by atoms with Gasteiger partial charge in [0.15, 0.2) is 0 Å². The molecule has 0 saturated heterocycles. The molecule has 0 aliphatic heterocycles. The van der Waals surface area contributed by atoms with E-state index in [4.69, 9.17) is 0 Å². The minimum Gasteiger partial charge on any atom is -0.391 e. The number of carbonyl (C=O) groups is 1. The van der Waals surface area contributed by atoms with E-state index in [1.807, 2.05) is 24.3 Å². The van der Waals surface area contributed by atoms with E-state index in [1.54, 1.807) is 12.3 Å². The first-order valence-electron chi connectivity index (χ1n) is 7.58. The van der Waals surface area contributed by atoms with Crippen LogP contribution in [0, 0.1) is 0 Å². The van der Waals surface area contributed by atoms with Crippen molar-refractivity contribution in [2.45, 2.75) is 44.2 Å². The Bertz CT molecular complexity index is 641. The fourth-order valence-electron chi connectivity index (χ4n) is 2.93. The highest BCUT2D eigenvalue weighted by molar-refractivity contribution is 5.98. The van der Waals surface area contributed by atoms with Crippen LogP contribution in [0.3, 0.4) is 0 Å². The maximum atomic E-state index is 12.4. The van der Waals surface area contributed by atoms with Crippen molar-refractivity contribution in [1.82, 2.24) is 10.3 Å². The fraction of sp³-hybridized carbons (Fsp3) is 0.412. The summed E-state index contributed by atoms with van der Waals surface area (Å²) in [5, 5.41) is 14.0. The number of pyridine rings is 1. The molecule has 2 aromatic rings. The number of nitrogens with zero attached hydrogens (tertiary/aromatic N) is 1. The van der Waals surface area contributed by atoms with Crippen LogP contribution in [0.15, 0.2) is 36.5 Å². The highest BCUT2D eigenvalue weighted by Crippen LogP contribution is 2.19. The molecule has 1 saturated carbocycles. The Kier molecular flexibility index (Phi) is 4.15. The van der Waals surface area contributed by atoms with E-state index < -0.39 is 6.10 Å². The second-order valence-electron chi connectivity index (χ2n) is 5.70. The van der Waals surface area contributed by atoms with Crippen molar-refractivity contribution >= 4 is 16.8 Å². The van der Waals surface area contributed by atoms with Crippen molar-refractivity contribution in [2.75, 3.05) is 0 Å². The van der Waals surface area contributed by atoms with Gasteiger partial charge in [-0.05, 0) is 37.1 Å². The molecule has 0 bridgehead atoms. The molecule has 2 N–H and O–H groups in total. The molecule has 4 nitrogen and oxygen atoms in total. The van der Waals surface area contributed by atoms with Crippen molar-refractivity contribution in [3.8, 4) is 0 Å². The lowest BCUT2D eigenvalue weighted by molar-refractivity contribution is 0.0819. The molecule has 1 aromatic heterocycles. The molecule has 1 aromatic carbocycles. The summed E-state index contributed by atoms with van der Waals surface area (Å²) < 4.78 is 0. The smallest absolute Gasteiger partial charge is 0.251 e. The Morgan fingerprint density at radius 2 is 2.05 bits per heavy atom. The lowest BCUT2D eigenvalue weighted by Gasteiger charge is -2.21. The highest BCUT2D eigenvalue weighted by atomic mass is 16.3. The first-order valence-corrected chi connectivity index (χ1v) is 7.58. The Balaban J connectivity index is 1.76. The van der Waals surface area contributed by atoms with Crippen LogP contribution >= 0.6 is 0 Å². The zero-order valence-electron chi connectivity index (χ0n) is 12.0. The molecule has 1 aliphatic carbocycles. The molecule has 0 radical (unpaired) electrons. The van der Waals surface area contributed by atoms with Crippen LogP contribution < -0.4 is 5.32 Å². The lowest BCUT2D eigenvalue weighted by atomic mass is 10.0. The van der Waals surface area contributed by atoms with Crippen molar-refractivity contribution in [3.63, 3.8) is 0 Å². The number of aliphatic hydroxyl groups is 1. The van der Waals surface area contributed by atoms with E-state index in [2.05, 4.69) is 10.3 Å². The minimum atomic E-state index is -0.432. The van der Waals surface area contributed by atoms with Crippen LogP contribution in [0.2, 0.25) is 0 Å². The van der Waals surface area contributed by atoms with Gasteiger partial charge in [0.05, 0.1) is 17.7 Å². The Labute approximate surface area is 124 Å². The summed E-state index contributed by atoms with van der Waals surface area (Å²) in [5.74, 6) is -0.119. The number of fused-ring (bicyclic) bond motifs is 1. The van der Waals surface area contributed by atoms with Crippen LogP contribution in [0.1, 0.15) is 42.5 Å². The number of nitrogens with one attached hydrogen (secondary N) is 1. The molecule has 1 fully saturated rings. The Morgan fingerprint density at radius 3 is 2.95 bits per heavy atom. The molecule has 1 heterocycles. The number of hydrogen-bond donors (Lipinski definition) is 2. The van der Waals surface area contributed by atoms with E-state index in [-0.39, 0.29) is 11.9 Å². The van der Waals surface area contributed by atoms with Gasteiger partial charge in [-0.25, -0.2) is 0 Å². The van der Waals surface area contributed by atoms with Crippen LogP contribution in [-0.4, -0.2) is 28.1 Å². The number of amides is 1. The third-order valence-electron chi connectivity index (χ3n) is 4.16. The van der Waals surface area contributed by atoms with E-state index in [1.165, 1.54) is 0 Å². The predicted molar refractivity (Wildman–Crippen MR) is 82.1 cm³/mol. The van der Waals surface area contributed by atoms with Gasteiger partial charge >= 0.3 is 0 Å². The number of hydrogen-bond acceptors (Lipinski definition) is 3. The van der Waals surface area contributed by atoms with Crippen molar-refractivity contribution in [3.05, 3.63) is 42.1 Å². The molecule has 3 rings (SSSR count). The third kappa shape index (κ3) is 3.22. The first kappa shape index (κ1) is 14.0.